The van der Waals surface area contributed by atoms with Gasteiger partial charge in [-0.15, -0.1) is 0 Å². The second-order valence-electron chi connectivity index (χ2n) is 5.97. The summed E-state index contributed by atoms with van der Waals surface area (Å²) in [6.07, 6.45) is 1.26. The molecule has 1 aliphatic heterocycles. The molecule has 1 atom stereocenters. The fourth-order valence-corrected chi connectivity index (χ4v) is 2.55. The predicted octanol–water partition coefficient (Wildman–Crippen LogP) is 2.43. The van der Waals surface area contributed by atoms with Crippen LogP contribution in [0, 0.1) is 23.1 Å². The molecule has 1 aromatic carbocycles. The molecule has 2 rings (SSSR count). The van der Waals surface area contributed by atoms with Gasteiger partial charge in [-0.3, -0.25) is 9.69 Å². The molecule has 1 heterocycles. The summed E-state index contributed by atoms with van der Waals surface area (Å²) in [6, 6.07) is 5.38. The molecule has 7 heteroatoms. The Morgan fingerprint density at radius 2 is 2.29 bits per heavy atom. The number of hydrogen-bond donors (Lipinski definition) is 1. The first-order chi connectivity index (χ1) is 11.4. The number of nitriles is 1. The molecular weight excluding hydrogens is 313 g/mol. The summed E-state index contributed by atoms with van der Waals surface area (Å²) in [5.41, 5.74) is -0.185. The molecule has 1 aromatic rings. The number of piperidine rings is 1. The highest BCUT2D eigenvalue weighted by Crippen LogP contribution is 2.24. The zero-order valence-corrected chi connectivity index (χ0v) is 13.7. The Morgan fingerprint density at radius 3 is 2.96 bits per heavy atom. The molecule has 1 saturated heterocycles. The van der Waals surface area contributed by atoms with Gasteiger partial charge in [-0.2, -0.15) is 5.26 Å². The summed E-state index contributed by atoms with van der Waals surface area (Å²) >= 11 is 0. The molecule has 0 aliphatic carbocycles. The number of carbonyl (C=O) groups is 2. The van der Waals surface area contributed by atoms with Crippen molar-refractivity contribution in [3.05, 3.63) is 29.6 Å². The molecule has 1 aliphatic rings. The van der Waals surface area contributed by atoms with E-state index < -0.39 is 17.8 Å². The number of halogens is 1. The van der Waals surface area contributed by atoms with Gasteiger partial charge in [0.2, 0.25) is 5.91 Å². The van der Waals surface area contributed by atoms with Crippen molar-refractivity contribution in [2.45, 2.75) is 32.7 Å². The van der Waals surface area contributed by atoms with Crippen molar-refractivity contribution in [1.82, 2.24) is 10.2 Å². The summed E-state index contributed by atoms with van der Waals surface area (Å²) in [4.78, 5) is 25.7. The fourth-order valence-electron chi connectivity index (χ4n) is 2.55. The van der Waals surface area contributed by atoms with E-state index >= 15 is 0 Å². The number of hydrogen-bond acceptors (Lipinski definition) is 4. The minimum absolute atomic E-state index is 0.00241. The maximum Gasteiger partial charge on any atom is 0.324 e. The maximum absolute atomic E-state index is 13.6. The molecule has 0 spiro atoms. The van der Waals surface area contributed by atoms with Crippen LogP contribution in [0.4, 0.5) is 9.18 Å². The van der Waals surface area contributed by atoms with E-state index in [1.54, 1.807) is 6.07 Å². The average Bonchev–Trinajstić information content (AvgIpc) is 2.53. The lowest BCUT2D eigenvalue weighted by Crippen LogP contribution is -2.51. The summed E-state index contributed by atoms with van der Waals surface area (Å²) in [5, 5.41) is 11.7. The van der Waals surface area contributed by atoms with E-state index in [0.29, 0.717) is 19.4 Å². The van der Waals surface area contributed by atoms with E-state index in [1.165, 1.54) is 23.1 Å². The van der Waals surface area contributed by atoms with E-state index in [0.717, 1.165) is 0 Å². The molecule has 0 radical (unpaired) electrons. The van der Waals surface area contributed by atoms with Crippen LogP contribution in [0.2, 0.25) is 0 Å². The van der Waals surface area contributed by atoms with Crippen molar-refractivity contribution in [3.63, 3.8) is 0 Å². The Labute approximate surface area is 140 Å². The summed E-state index contributed by atoms with van der Waals surface area (Å²) in [5.74, 6) is -1.36. The lowest BCUT2D eigenvalue weighted by molar-refractivity contribution is -0.136. The summed E-state index contributed by atoms with van der Waals surface area (Å²) in [7, 11) is 0. The van der Waals surface area contributed by atoms with Gasteiger partial charge in [0, 0.05) is 12.6 Å². The van der Waals surface area contributed by atoms with Crippen molar-refractivity contribution in [3.8, 4) is 11.8 Å². The number of benzene rings is 1. The van der Waals surface area contributed by atoms with Gasteiger partial charge in [-0.25, -0.2) is 9.18 Å². The smallest absolute Gasteiger partial charge is 0.324 e. The Kier molecular flexibility index (Phi) is 5.74. The number of likely N-dealkylation sites (tertiary alicyclic amines) is 1. The third kappa shape index (κ3) is 4.02. The lowest BCUT2D eigenvalue weighted by atomic mass is 9.98. The fraction of sp³-hybridized carbons (Fsp3) is 0.471. The van der Waals surface area contributed by atoms with E-state index in [4.69, 9.17) is 10.00 Å². The monoisotopic (exact) mass is 333 g/mol. The van der Waals surface area contributed by atoms with Crippen LogP contribution in [0.3, 0.4) is 0 Å². The first kappa shape index (κ1) is 17.7. The first-order valence-corrected chi connectivity index (χ1v) is 7.87. The molecule has 3 amide bonds. The maximum atomic E-state index is 13.6. The molecule has 0 bridgehead atoms. The van der Waals surface area contributed by atoms with E-state index in [9.17, 15) is 14.0 Å². The van der Waals surface area contributed by atoms with Crippen LogP contribution < -0.4 is 10.1 Å². The number of nitrogens with one attached hydrogen (secondary N) is 1. The third-order valence-corrected chi connectivity index (χ3v) is 3.73. The van der Waals surface area contributed by atoms with Gasteiger partial charge in [0.05, 0.1) is 12.5 Å². The van der Waals surface area contributed by atoms with Crippen LogP contribution in [0.1, 0.15) is 32.3 Å². The standard InChI is InChI=1S/C17H20FN3O3/c1-11(2)20-17(23)21-8-4-5-12(16(21)22)10-24-15-7-3-6-14(18)13(15)9-19/h3,6-7,11-12H,4-5,8,10H2,1-2H3,(H,20,23). The molecular formula is C17H20FN3O3. The van der Waals surface area contributed by atoms with Gasteiger partial charge in [0.25, 0.3) is 0 Å². The van der Waals surface area contributed by atoms with Crippen LogP contribution >= 0.6 is 0 Å². The Hall–Kier alpha value is -2.62. The van der Waals surface area contributed by atoms with Crippen LogP contribution in [-0.4, -0.2) is 36.0 Å². The van der Waals surface area contributed by atoms with Gasteiger partial charge in [0.15, 0.2) is 0 Å². The molecule has 1 unspecified atom stereocenters. The highest BCUT2D eigenvalue weighted by Gasteiger charge is 2.33. The Balaban J connectivity index is 2.03. The normalized spacial score (nSPS) is 17.5. The number of ether oxygens (including phenoxy) is 1. The van der Waals surface area contributed by atoms with Crippen molar-refractivity contribution in [2.24, 2.45) is 5.92 Å². The van der Waals surface area contributed by atoms with Crippen molar-refractivity contribution >= 4 is 11.9 Å². The van der Waals surface area contributed by atoms with Gasteiger partial charge in [-0.05, 0) is 38.8 Å². The summed E-state index contributed by atoms with van der Waals surface area (Å²) in [6.45, 7) is 4.01. The highest BCUT2D eigenvalue weighted by molar-refractivity contribution is 5.96. The van der Waals surface area contributed by atoms with Crippen molar-refractivity contribution in [1.29, 1.82) is 5.26 Å². The quantitative estimate of drug-likeness (QED) is 0.917. The second kappa shape index (κ2) is 7.77. The van der Waals surface area contributed by atoms with E-state index in [1.807, 2.05) is 13.8 Å². The Morgan fingerprint density at radius 1 is 1.54 bits per heavy atom. The van der Waals surface area contributed by atoms with Crippen LogP contribution in [0.5, 0.6) is 5.75 Å². The minimum Gasteiger partial charge on any atom is -0.491 e. The van der Waals surface area contributed by atoms with Crippen molar-refractivity contribution < 1.29 is 18.7 Å². The third-order valence-electron chi connectivity index (χ3n) is 3.73. The number of nitrogens with zero attached hydrogens (tertiary/aromatic N) is 2. The van der Waals surface area contributed by atoms with Crippen LogP contribution in [0.25, 0.3) is 0 Å². The number of rotatable bonds is 4. The SMILES string of the molecule is CC(C)NC(=O)N1CCCC(COc2cccc(F)c2C#N)C1=O. The second-order valence-corrected chi connectivity index (χ2v) is 5.97. The highest BCUT2D eigenvalue weighted by atomic mass is 19.1. The van der Waals surface area contributed by atoms with Gasteiger partial charge in [0.1, 0.15) is 23.2 Å². The lowest BCUT2D eigenvalue weighted by Gasteiger charge is -2.31. The van der Waals surface area contributed by atoms with Gasteiger partial charge in [-0.1, -0.05) is 6.07 Å². The molecule has 0 saturated carbocycles. The molecule has 24 heavy (non-hydrogen) atoms. The molecule has 1 fully saturated rings. The predicted molar refractivity (Wildman–Crippen MR) is 84.7 cm³/mol. The van der Waals surface area contributed by atoms with E-state index in [-0.39, 0.29) is 29.9 Å². The zero-order valence-electron chi connectivity index (χ0n) is 13.7. The number of carbonyl (C=O) groups excluding carboxylic acids is 2. The average molecular weight is 333 g/mol. The Bertz CT molecular complexity index is 670. The number of imide groups is 1. The van der Waals surface area contributed by atoms with E-state index in [2.05, 4.69) is 5.32 Å². The van der Waals surface area contributed by atoms with Crippen molar-refractivity contribution in [2.75, 3.05) is 13.2 Å². The summed E-state index contributed by atoms with van der Waals surface area (Å²) < 4.78 is 19.0. The number of urea groups is 1. The van der Waals surface area contributed by atoms with Gasteiger partial charge < -0.3 is 10.1 Å². The topological polar surface area (TPSA) is 82.4 Å². The molecule has 6 nitrogen and oxygen atoms in total. The van der Waals surface area contributed by atoms with Crippen LogP contribution in [-0.2, 0) is 4.79 Å². The largest absolute Gasteiger partial charge is 0.491 e. The molecule has 1 N–H and O–H groups in total. The minimum atomic E-state index is -0.664. The number of amides is 3. The van der Waals surface area contributed by atoms with Gasteiger partial charge >= 0.3 is 6.03 Å². The molecule has 0 aromatic heterocycles. The van der Waals surface area contributed by atoms with Crippen LogP contribution in [0.15, 0.2) is 18.2 Å². The zero-order chi connectivity index (χ0) is 17.7. The first-order valence-electron chi connectivity index (χ1n) is 7.87. The molecule has 128 valence electrons.